The third-order valence-electron chi connectivity index (χ3n) is 4.45. The average molecular weight is 353 g/mol. The SMILES string of the molecule is O=C(NC1CCS(=O)(=O)C1)c1ccc(N2CCCC2)c([N+](=O)[O-])c1. The van der Waals surface area contributed by atoms with Crippen molar-refractivity contribution in [3.05, 3.63) is 33.9 Å². The number of nitro benzene ring substituents is 1. The number of rotatable bonds is 4. The largest absolute Gasteiger partial charge is 0.366 e. The molecule has 2 aliphatic heterocycles. The van der Waals surface area contributed by atoms with Crippen LogP contribution in [0, 0.1) is 10.1 Å². The number of amides is 1. The highest BCUT2D eigenvalue weighted by atomic mass is 32.2. The zero-order valence-corrected chi connectivity index (χ0v) is 13.9. The van der Waals surface area contributed by atoms with Crippen molar-refractivity contribution in [2.75, 3.05) is 29.5 Å². The average Bonchev–Trinajstić information content (AvgIpc) is 3.16. The molecule has 130 valence electrons. The Balaban J connectivity index is 1.79. The highest BCUT2D eigenvalue weighted by Gasteiger charge is 2.30. The summed E-state index contributed by atoms with van der Waals surface area (Å²) in [7, 11) is -3.09. The summed E-state index contributed by atoms with van der Waals surface area (Å²) in [6.07, 6.45) is 2.37. The van der Waals surface area contributed by atoms with Gasteiger partial charge in [0, 0.05) is 30.8 Å². The van der Waals surface area contributed by atoms with Crippen molar-refractivity contribution in [3.63, 3.8) is 0 Å². The van der Waals surface area contributed by atoms with Gasteiger partial charge in [-0.15, -0.1) is 0 Å². The molecule has 1 unspecified atom stereocenters. The Morgan fingerprint density at radius 2 is 2.00 bits per heavy atom. The van der Waals surface area contributed by atoms with Crippen LogP contribution < -0.4 is 10.2 Å². The maximum absolute atomic E-state index is 12.3. The van der Waals surface area contributed by atoms with Crippen LogP contribution in [-0.4, -0.2) is 49.9 Å². The van der Waals surface area contributed by atoms with Gasteiger partial charge in [0.15, 0.2) is 9.84 Å². The maximum atomic E-state index is 12.3. The molecule has 2 fully saturated rings. The number of hydrogen-bond donors (Lipinski definition) is 1. The molecule has 1 aromatic rings. The van der Waals surface area contributed by atoms with Gasteiger partial charge in [0.2, 0.25) is 0 Å². The van der Waals surface area contributed by atoms with Crippen molar-refractivity contribution < 1.29 is 18.1 Å². The van der Waals surface area contributed by atoms with Crippen molar-refractivity contribution in [3.8, 4) is 0 Å². The van der Waals surface area contributed by atoms with Crippen LogP contribution in [0.2, 0.25) is 0 Å². The van der Waals surface area contributed by atoms with Crippen molar-refractivity contribution in [1.29, 1.82) is 0 Å². The van der Waals surface area contributed by atoms with Gasteiger partial charge in [-0.05, 0) is 31.4 Å². The van der Waals surface area contributed by atoms with E-state index in [1.54, 1.807) is 12.1 Å². The molecule has 0 bridgehead atoms. The lowest BCUT2D eigenvalue weighted by Gasteiger charge is -2.18. The minimum absolute atomic E-state index is 0.0615. The van der Waals surface area contributed by atoms with Gasteiger partial charge in [-0.25, -0.2) is 8.42 Å². The van der Waals surface area contributed by atoms with Crippen molar-refractivity contribution >= 4 is 27.1 Å². The molecule has 1 N–H and O–H groups in total. The summed E-state index contributed by atoms with van der Waals surface area (Å²) in [4.78, 5) is 25.1. The van der Waals surface area contributed by atoms with E-state index in [4.69, 9.17) is 0 Å². The Bertz CT molecular complexity index is 771. The minimum Gasteiger partial charge on any atom is -0.366 e. The molecule has 2 aliphatic rings. The summed E-state index contributed by atoms with van der Waals surface area (Å²) < 4.78 is 22.9. The van der Waals surface area contributed by atoms with Crippen LogP contribution in [0.15, 0.2) is 18.2 Å². The number of carbonyl (C=O) groups excluding carboxylic acids is 1. The van der Waals surface area contributed by atoms with Crippen molar-refractivity contribution in [2.24, 2.45) is 0 Å². The number of nitrogens with one attached hydrogen (secondary N) is 1. The Morgan fingerprint density at radius 1 is 1.29 bits per heavy atom. The third kappa shape index (κ3) is 3.50. The van der Waals surface area contributed by atoms with Crippen LogP contribution in [0.25, 0.3) is 0 Å². The Morgan fingerprint density at radius 3 is 2.58 bits per heavy atom. The molecule has 0 aliphatic carbocycles. The first kappa shape index (κ1) is 16.7. The van der Waals surface area contributed by atoms with E-state index in [1.165, 1.54) is 6.07 Å². The number of carbonyl (C=O) groups is 1. The van der Waals surface area contributed by atoms with Gasteiger partial charge in [0.05, 0.1) is 16.4 Å². The lowest BCUT2D eigenvalue weighted by atomic mass is 10.1. The summed E-state index contributed by atoms with van der Waals surface area (Å²) >= 11 is 0. The summed E-state index contributed by atoms with van der Waals surface area (Å²) in [5.74, 6) is -0.494. The molecule has 3 rings (SSSR count). The van der Waals surface area contributed by atoms with Crippen LogP contribution in [-0.2, 0) is 9.84 Å². The Labute approximate surface area is 139 Å². The summed E-state index contributed by atoms with van der Waals surface area (Å²) in [6, 6.07) is 4.00. The molecular formula is C15H19N3O5S. The molecule has 0 saturated carbocycles. The molecule has 1 atom stereocenters. The molecule has 0 aromatic heterocycles. The maximum Gasteiger partial charge on any atom is 0.293 e. The molecule has 24 heavy (non-hydrogen) atoms. The number of nitrogens with zero attached hydrogens (tertiary/aromatic N) is 2. The van der Waals surface area contributed by atoms with Gasteiger partial charge >= 0.3 is 0 Å². The molecule has 0 radical (unpaired) electrons. The number of hydrogen-bond acceptors (Lipinski definition) is 6. The van der Waals surface area contributed by atoms with Crippen LogP contribution in [0.3, 0.4) is 0 Å². The van der Waals surface area contributed by atoms with Crippen LogP contribution >= 0.6 is 0 Å². The van der Waals surface area contributed by atoms with Crippen LogP contribution in [0.1, 0.15) is 29.6 Å². The number of nitro groups is 1. The van der Waals surface area contributed by atoms with E-state index in [1.807, 2.05) is 4.90 Å². The minimum atomic E-state index is -3.09. The molecule has 8 nitrogen and oxygen atoms in total. The first-order valence-electron chi connectivity index (χ1n) is 7.90. The van der Waals surface area contributed by atoms with E-state index in [-0.39, 0.29) is 22.8 Å². The fourth-order valence-electron chi connectivity index (χ4n) is 3.21. The van der Waals surface area contributed by atoms with E-state index >= 15 is 0 Å². The second kappa shape index (κ2) is 6.39. The number of sulfone groups is 1. The van der Waals surface area contributed by atoms with Gasteiger partial charge in [0.25, 0.3) is 11.6 Å². The molecule has 9 heteroatoms. The van der Waals surface area contributed by atoms with E-state index in [0.29, 0.717) is 12.1 Å². The zero-order valence-electron chi connectivity index (χ0n) is 13.1. The van der Waals surface area contributed by atoms with Gasteiger partial charge in [-0.1, -0.05) is 0 Å². The fraction of sp³-hybridized carbons (Fsp3) is 0.533. The molecule has 2 saturated heterocycles. The molecule has 2 heterocycles. The highest BCUT2D eigenvalue weighted by molar-refractivity contribution is 7.91. The monoisotopic (exact) mass is 353 g/mol. The smallest absolute Gasteiger partial charge is 0.293 e. The van der Waals surface area contributed by atoms with E-state index in [0.717, 1.165) is 25.9 Å². The van der Waals surface area contributed by atoms with Gasteiger partial charge in [-0.2, -0.15) is 0 Å². The molecular weight excluding hydrogens is 334 g/mol. The van der Waals surface area contributed by atoms with Gasteiger partial charge < -0.3 is 10.2 Å². The topological polar surface area (TPSA) is 110 Å². The van der Waals surface area contributed by atoms with E-state index < -0.39 is 26.7 Å². The quantitative estimate of drug-likeness (QED) is 0.641. The number of benzene rings is 1. The predicted molar refractivity (Wildman–Crippen MR) is 89.1 cm³/mol. The van der Waals surface area contributed by atoms with Gasteiger partial charge in [0.1, 0.15) is 5.69 Å². The first-order valence-corrected chi connectivity index (χ1v) is 9.72. The molecule has 1 aromatic carbocycles. The fourth-order valence-corrected chi connectivity index (χ4v) is 4.89. The summed E-state index contributed by atoms with van der Waals surface area (Å²) in [6.45, 7) is 1.54. The lowest BCUT2D eigenvalue weighted by Crippen LogP contribution is -2.35. The zero-order chi connectivity index (χ0) is 17.3. The highest BCUT2D eigenvalue weighted by Crippen LogP contribution is 2.31. The van der Waals surface area contributed by atoms with Crippen LogP contribution in [0.4, 0.5) is 11.4 Å². The molecule has 1 amide bonds. The standard InChI is InChI=1S/C15H19N3O5S/c19-15(16-12-5-8-24(22,23)10-12)11-3-4-13(14(9-11)18(20)21)17-6-1-2-7-17/h3-4,9,12H,1-2,5-8,10H2,(H,16,19). The third-order valence-corrected chi connectivity index (χ3v) is 6.22. The Hall–Kier alpha value is -2.16. The second-order valence-electron chi connectivity index (χ2n) is 6.23. The predicted octanol–water partition coefficient (Wildman–Crippen LogP) is 1.11. The summed E-state index contributed by atoms with van der Waals surface area (Å²) in [5.41, 5.74) is 0.607. The van der Waals surface area contributed by atoms with E-state index in [2.05, 4.69) is 5.32 Å². The van der Waals surface area contributed by atoms with Crippen molar-refractivity contribution in [2.45, 2.75) is 25.3 Å². The Kier molecular flexibility index (Phi) is 4.44. The van der Waals surface area contributed by atoms with E-state index in [9.17, 15) is 23.3 Å². The van der Waals surface area contributed by atoms with Gasteiger partial charge in [-0.3, -0.25) is 14.9 Å². The second-order valence-corrected chi connectivity index (χ2v) is 8.46. The normalized spacial score (nSPS) is 22.5. The van der Waals surface area contributed by atoms with Crippen molar-refractivity contribution in [1.82, 2.24) is 5.32 Å². The molecule has 0 spiro atoms. The summed E-state index contributed by atoms with van der Waals surface area (Å²) in [5, 5.41) is 14.0. The lowest BCUT2D eigenvalue weighted by molar-refractivity contribution is -0.384. The first-order chi connectivity index (χ1) is 11.4. The van der Waals surface area contributed by atoms with Crippen LogP contribution in [0.5, 0.6) is 0 Å². The number of anilines is 1.